The quantitative estimate of drug-likeness (QED) is 0.775. The molecule has 0 radical (unpaired) electrons. The molecular formula is C16H19N3O2S2. The molecule has 0 aliphatic carbocycles. The second-order valence-electron chi connectivity index (χ2n) is 5.39. The van der Waals surface area contributed by atoms with E-state index in [1.165, 1.54) is 12.8 Å². The van der Waals surface area contributed by atoms with Crippen LogP contribution in [0.3, 0.4) is 0 Å². The molecule has 0 amide bonds. The van der Waals surface area contributed by atoms with Crippen LogP contribution in [0.4, 0.5) is 0 Å². The van der Waals surface area contributed by atoms with Crippen molar-refractivity contribution in [3.05, 3.63) is 30.2 Å². The summed E-state index contributed by atoms with van der Waals surface area (Å²) in [5.74, 6) is 1.91. The van der Waals surface area contributed by atoms with Crippen molar-refractivity contribution in [1.29, 1.82) is 0 Å². The third kappa shape index (κ3) is 3.84. The summed E-state index contributed by atoms with van der Waals surface area (Å²) in [7, 11) is 1.64. The highest BCUT2D eigenvalue weighted by Gasteiger charge is 2.21. The van der Waals surface area contributed by atoms with Crippen molar-refractivity contribution in [2.75, 3.05) is 20.2 Å². The Morgan fingerprint density at radius 1 is 1.26 bits per heavy atom. The maximum Gasteiger partial charge on any atom is 0.247 e. The molecule has 1 saturated heterocycles. The van der Waals surface area contributed by atoms with Crippen LogP contribution in [0.5, 0.6) is 5.75 Å². The van der Waals surface area contributed by atoms with Gasteiger partial charge in [0, 0.05) is 18.7 Å². The molecule has 2 heterocycles. The van der Waals surface area contributed by atoms with Crippen molar-refractivity contribution in [3.63, 3.8) is 0 Å². The molecule has 122 valence electrons. The fraction of sp³-hybridized carbons (Fsp3) is 0.438. The number of thioether (sulfide) groups is 1. The first-order valence-corrected chi connectivity index (χ1v) is 8.89. The predicted octanol–water partition coefficient (Wildman–Crippen LogP) is 3.92. The summed E-state index contributed by atoms with van der Waals surface area (Å²) in [6.07, 6.45) is 2.44. The molecule has 1 aliphatic rings. The van der Waals surface area contributed by atoms with E-state index in [9.17, 15) is 0 Å². The van der Waals surface area contributed by atoms with E-state index in [0.29, 0.717) is 11.8 Å². The molecule has 1 aliphatic heterocycles. The largest absolute Gasteiger partial charge is 0.497 e. The molecule has 5 nitrogen and oxygen atoms in total. The fourth-order valence-corrected chi connectivity index (χ4v) is 3.87. The molecule has 1 aromatic carbocycles. The van der Waals surface area contributed by atoms with Crippen molar-refractivity contribution in [1.82, 2.24) is 15.1 Å². The van der Waals surface area contributed by atoms with Crippen molar-refractivity contribution in [2.24, 2.45) is 0 Å². The number of methoxy groups -OCH3 is 1. The lowest BCUT2D eigenvalue weighted by Crippen LogP contribution is -2.23. The van der Waals surface area contributed by atoms with E-state index in [-0.39, 0.29) is 5.25 Å². The Morgan fingerprint density at radius 2 is 1.96 bits per heavy atom. The number of nitrogens with zero attached hydrogens (tertiary/aromatic N) is 3. The Hall–Kier alpha value is -1.60. The van der Waals surface area contributed by atoms with E-state index in [4.69, 9.17) is 21.4 Å². The zero-order valence-corrected chi connectivity index (χ0v) is 14.8. The smallest absolute Gasteiger partial charge is 0.247 e. The summed E-state index contributed by atoms with van der Waals surface area (Å²) in [5.41, 5.74) is 0.879. The normalized spacial score (nSPS) is 15.7. The van der Waals surface area contributed by atoms with Crippen LogP contribution < -0.4 is 4.74 Å². The van der Waals surface area contributed by atoms with Crippen LogP contribution in [0, 0.1) is 0 Å². The first-order chi connectivity index (χ1) is 11.2. The first-order valence-electron chi connectivity index (χ1n) is 7.61. The number of aromatic nitrogens is 2. The summed E-state index contributed by atoms with van der Waals surface area (Å²) < 4.78 is 11.9. The molecule has 7 heteroatoms. The second kappa shape index (κ2) is 7.31. The minimum atomic E-state index is 0.0441. The Labute approximate surface area is 145 Å². The molecule has 23 heavy (non-hydrogen) atoms. The van der Waals surface area contributed by atoms with Crippen LogP contribution in [0.25, 0.3) is 11.5 Å². The standard InChI is InChI=1S/C16H19N3O2S2/c1-11(23-16(22)19-9-3-4-10-19)14-17-18-15(21-14)12-5-7-13(20-2)8-6-12/h5-8,11H,3-4,9-10H2,1-2H3/t11-/m1/s1. The third-order valence-corrected chi connectivity index (χ3v) is 5.33. The number of ether oxygens (including phenoxy) is 1. The van der Waals surface area contributed by atoms with E-state index < -0.39 is 0 Å². The maximum absolute atomic E-state index is 5.81. The molecule has 2 aromatic rings. The number of benzene rings is 1. The van der Waals surface area contributed by atoms with Gasteiger partial charge in [0.2, 0.25) is 11.8 Å². The van der Waals surface area contributed by atoms with Gasteiger partial charge in [-0.25, -0.2) is 0 Å². The van der Waals surface area contributed by atoms with Crippen LogP contribution >= 0.6 is 24.0 Å². The van der Waals surface area contributed by atoms with E-state index in [1.807, 2.05) is 31.2 Å². The van der Waals surface area contributed by atoms with Crippen molar-refractivity contribution >= 4 is 28.3 Å². The van der Waals surface area contributed by atoms with Gasteiger partial charge in [-0.3, -0.25) is 0 Å². The zero-order valence-electron chi connectivity index (χ0n) is 13.2. The van der Waals surface area contributed by atoms with Crippen LogP contribution in [0.1, 0.15) is 30.9 Å². The molecule has 0 saturated carbocycles. The summed E-state index contributed by atoms with van der Waals surface area (Å²) in [5, 5.41) is 8.35. The Bertz CT molecular complexity index is 666. The molecule has 1 aromatic heterocycles. The first kappa shape index (κ1) is 16.3. The number of hydrogen-bond acceptors (Lipinski definition) is 6. The summed E-state index contributed by atoms with van der Waals surface area (Å²) in [6.45, 7) is 4.15. The van der Waals surface area contributed by atoms with E-state index in [1.54, 1.807) is 18.9 Å². The molecule has 0 spiro atoms. The van der Waals surface area contributed by atoms with Crippen molar-refractivity contribution in [3.8, 4) is 17.2 Å². The van der Waals surface area contributed by atoms with E-state index >= 15 is 0 Å². The number of likely N-dealkylation sites (tertiary alicyclic amines) is 1. The monoisotopic (exact) mass is 349 g/mol. The lowest BCUT2D eigenvalue weighted by atomic mass is 10.2. The van der Waals surface area contributed by atoms with E-state index in [0.717, 1.165) is 28.7 Å². The minimum Gasteiger partial charge on any atom is -0.497 e. The fourth-order valence-electron chi connectivity index (χ4n) is 2.42. The van der Waals surface area contributed by atoms with Crippen LogP contribution in [-0.4, -0.2) is 39.6 Å². The SMILES string of the molecule is COc1ccc(-c2nnc([C@@H](C)SC(=S)N3CCCC3)o2)cc1. The number of thiocarbonyl (C=S) groups is 1. The molecule has 0 N–H and O–H groups in total. The van der Waals surface area contributed by atoms with Crippen molar-refractivity contribution in [2.45, 2.75) is 25.0 Å². The second-order valence-corrected chi connectivity index (χ2v) is 7.37. The molecule has 0 bridgehead atoms. The molecule has 0 unspecified atom stereocenters. The van der Waals surface area contributed by atoms with Gasteiger partial charge in [0.1, 0.15) is 10.1 Å². The van der Waals surface area contributed by atoms with Crippen LogP contribution in [0.15, 0.2) is 28.7 Å². The van der Waals surface area contributed by atoms with Gasteiger partial charge in [-0.1, -0.05) is 24.0 Å². The topological polar surface area (TPSA) is 51.4 Å². The average molecular weight is 349 g/mol. The molecule has 3 rings (SSSR count). The van der Waals surface area contributed by atoms with Gasteiger partial charge in [-0.2, -0.15) is 0 Å². The van der Waals surface area contributed by atoms with E-state index in [2.05, 4.69) is 15.1 Å². The highest BCUT2D eigenvalue weighted by Crippen LogP contribution is 2.32. The maximum atomic E-state index is 5.81. The molecular weight excluding hydrogens is 330 g/mol. The highest BCUT2D eigenvalue weighted by molar-refractivity contribution is 8.23. The van der Waals surface area contributed by atoms with Gasteiger partial charge in [0.05, 0.1) is 12.4 Å². The average Bonchev–Trinajstić information content (AvgIpc) is 3.26. The summed E-state index contributed by atoms with van der Waals surface area (Å²) in [4.78, 5) is 2.25. The zero-order chi connectivity index (χ0) is 16.2. The summed E-state index contributed by atoms with van der Waals surface area (Å²) in [6, 6.07) is 7.56. The molecule has 1 fully saturated rings. The highest BCUT2D eigenvalue weighted by atomic mass is 32.2. The Morgan fingerprint density at radius 3 is 2.61 bits per heavy atom. The lowest BCUT2D eigenvalue weighted by molar-refractivity contribution is 0.415. The number of hydrogen-bond donors (Lipinski definition) is 0. The Balaban J connectivity index is 1.66. The predicted molar refractivity (Wildman–Crippen MR) is 95.7 cm³/mol. The van der Waals surface area contributed by atoms with Gasteiger partial charge >= 0.3 is 0 Å². The van der Waals surface area contributed by atoms with Gasteiger partial charge in [0.25, 0.3) is 0 Å². The van der Waals surface area contributed by atoms with Gasteiger partial charge in [-0.05, 0) is 44.0 Å². The lowest BCUT2D eigenvalue weighted by Gasteiger charge is -2.19. The third-order valence-electron chi connectivity index (χ3n) is 3.77. The number of rotatable bonds is 4. The van der Waals surface area contributed by atoms with Crippen molar-refractivity contribution < 1.29 is 9.15 Å². The van der Waals surface area contributed by atoms with Crippen LogP contribution in [0.2, 0.25) is 0 Å². The Kier molecular flexibility index (Phi) is 5.17. The molecule has 1 atom stereocenters. The summed E-state index contributed by atoms with van der Waals surface area (Å²) >= 11 is 7.11. The van der Waals surface area contributed by atoms with Gasteiger partial charge in [-0.15, -0.1) is 10.2 Å². The van der Waals surface area contributed by atoms with Crippen LogP contribution in [-0.2, 0) is 0 Å². The minimum absolute atomic E-state index is 0.0441. The van der Waals surface area contributed by atoms with Gasteiger partial charge in [0.15, 0.2) is 0 Å². The van der Waals surface area contributed by atoms with Gasteiger partial charge < -0.3 is 14.1 Å².